The maximum Gasteiger partial charge on any atom is 0.348 e. The van der Waals surface area contributed by atoms with Crippen LogP contribution in [0.15, 0.2) is 0 Å². The van der Waals surface area contributed by atoms with Crippen LogP contribution in [0.25, 0.3) is 0 Å². The highest BCUT2D eigenvalue weighted by atomic mass is 32.2. The molecule has 0 unspecified atom stereocenters. The quantitative estimate of drug-likeness (QED) is 0.0413. The molecule has 0 atom stereocenters. The van der Waals surface area contributed by atoms with E-state index in [4.69, 9.17) is 27.1 Å². The van der Waals surface area contributed by atoms with Crippen LogP contribution in [-0.4, -0.2) is 65.5 Å². The number of hydrogen-bond donors (Lipinski definition) is 5. The van der Waals surface area contributed by atoms with Gasteiger partial charge in [-0.3, -0.25) is 19.4 Å². The van der Waals surface area contributed by atoms with Gasteiger partial charge in [0.15, 0.2) is 0 Å². The van der Waals surface area contributed by atoms with Gasteiger partial charge in [-0.05, 0) is 33.2 Å². The molecular weight excluding hydrogens is 510 g/mol. The van der Waals surface area contributed by atoms with Gasteiger partial charge in [-0.2, -0.15) is 8.42 Å². The van der Waals surface area contributed by atoms with Crippen LogP contribution in [-0.2, 0) is 14.9 Å². The third-order valence-electron chi connectivity index (χ3n) is 5.79. The van der Waals surface area contributed by atoms with E-state index in [0.717, 1.165) is 22.9 Å². The maximum absolute atomic E-state index is 11.1. The minimum Gasteiger partial charge on any atom is -0.481 e. The molecule has 230 valence electrons. The van der Waals surface area contributed by atoms with Crippen molar-refractivity contribution < 1.29 is 27.7 Å². The predicted octanol–water partition coefficient (Wildman–Crippen LogP) is 5.05. The molecular formula is C26H59N5O6S. The minimum atomic E-state index is -3.66. The van der Waals surface area contributed by atoms with Gasteiger partial charge in [-0.1, -0.05) is 96.8 Å². The lowest BCUT2D eigenvalue weighted by Crippen LogP contribution is -2.50. The summed E-state index contributed by atoms with van der Waals surface area (Å²) in [6, 6.07) is -0.383. The van der Waals surface area contributed by atoms with Crippen LogP contribution < -0.4 is 17.4 Å². The van der Waals surface area contributed by atoms with Gasteiger partial charge in [0.05, 0.1) is 5.75 Å². The largest absolute Gasteiger partial charge is 0.481 e. The van der Waals surface area contributed by atoms with Crippen molar-refractivity contribution >= 4 is 22.1 Å². The molecule has 0 bridgehead atoms. The van der Waals surface area contributed by atoms with Crippen LogP contribution in [0.3, 0.4) is 0 Å². The molecule has 38 heavy (non-hydrogen) atoms. The third-order valence-corrected chi connectivity index (χ3v) is 6.52. The number of rotatable bonds is 21. The number of nitrogens with zero attached hydrogens (tertiary/aromatic N) is 2. The van der Waals surface area contributed by atoms with Crippen molar-refractivity contribution in [2.75, 3.05) is 25.4 Å². The molecule has 0 saturated heterocycles. The normalized spacial score (nSPS) is 10.6. The first-order valence-corrected chi connectivity index (χ1v) is 16.0. The van der Waals surface area contributed by atoms with Crippen LogP contribution in [0, 0.1) is 0 Å². The molecule has 2 amide bonds. The number of nitrogens with two attached hydrogens (primary N) is 3. The first-order chi connectivity index (χ1) is 18.0. The highest BCUT2D eigenvalue weighted by molar-refractivity contribution is 7.85. The highest BCUT2D eigenvalue weighted by Gasteiger charge is 2.12. The number of hydrazine groups is 2. The minimum absolute atomic E-state index is 0.201. The first kappa shape index (κ1) is 41.0. The van der Waals surface area contributed by atoms with Crippen LogP contribution in [0.1, 0.15) is 130 Å². The van der Waals surface area contributed by atoms with Crippen molar-refractivity contribution in [1.82, 2.24) is 10.0 Å². The number of hydrogen-bond acceptors (Lipinski definition) is 7. The molecule has 0 aliphatic heterocycles. The SMILES string of the molecule is CCCCCCCCCCCCCCCCCC(=O)O.CCN(N)C(=O)N(N)CCCN.CCS(=O)(=O)O. The van der Waals surface area contributed by atoms with Gasteiger partial charge in [0.1, 0.15) is 0 Å². The van der Waals surface area contributed by atoms with Crippen molar-refractivity contribution in [2.45, 2.75) is 130 Å². The number of carbonyl (C=O) groups is 2. The maximum atomic E-state index is 11.1. The van der Waals surface area contributed by atoms with Gasteiger partial charge in [0, 0.05) is 19.5 Å². The van der Waals surface area contributed by atoms with Gasteiger partial charge < -0.3 is 10.8 Å². The highest BCUT2D eigenvalue weighted by Crippen LogP contribution is 2.13. The van der Waals surface area contributed by atoms with Gasteiger partial charge in [-0.25, -0.2) is 16.5 Å². The van der Waals surface area contributed by atoms with Crippen LogP contribution >= 0.6 is 0 Å². The van der Waals surface area contributed by atoms with E-state index in [1.54, 1.807) is 6.92 Å². The van der Waals surface area contributed by atoms with Gasteiger partial charge >= 0.3 is 12.0 Å². The van der Waals surface area contributed by atoms with E-state index in [0.29, 0.717) is 32.5 Å². The predicted molar refractivity (Wildman–Crippen MR) is 156 cm³/mol. The summed E-state index contributed by atoms with van der Waals surface area (Å²) in [7, 11) is -3.66. The zero-order valence-corrected chi connectivity index (χ0v) is 25.2. The Balaban J connectivity index is -0.000000572. The zero-order chi connectivity index (χ0) is 29.7. The number of carboxylic acids is 1. The topological polar surface area (TPSA) is 193 Å². The number of carbonyl (C=O) groups excluding carboxylic acids is 1. The summed E-state index contributed by atoms with van der Waals surface area (Å²) in [5, 5.41) is 10.6. The molecule has 0 aliphatic carbocycles. The van der Waals surface area contributed by atoms with Crippen molar-refractivity contribution in [3.63, 3.8) is 0 Å². The molecule has 11 nitrogen and oxygen atoms in total. The molecule has 0 saturated carbocycles. The van der Waals surface area contributed by atoms with Crippen LogP contribution in [0.2, 0.25) is 0 Å². The second-order valence-corrected chi connectivity index (χ2v) is 11.1. The zero-order valence-electron chi connectivity index (χ0n) is 24.4. The van der Waals surface area contributed by atoms with E-state index in [-0.39, 0.29) is 11.8 Å². The van der Waals surface area contributed by atoms with E-state index in [1.165, 1.54) is 90.4 Å². The van der Waals surface area contributed by atoms with Crippen molar-refractivity contribution in [3.8, 4) is 0 Å². The van der Waals surface area contributed by atoms with Gasteiger partial charge in [0.2, 0.25) is 0 Å². The molecule has 0 aliphatic rings. The van der Waals surface area contributed by atoms with E-state index < -0.39 is 16.1 Å². The fraction of sp³-hybridized carbons (Fsp3) is 0.923. The van der Waals surface area contributed by atoms with E-state index in [1.807, 2.05) is 0 Å². The molecule has 0 heterocycles. The average Bonchev–Trinajstić information content (AvgIpc) is 2.88. The van der Waals surface area contributed by atoms with E-state index >= 15 is 0 Å². The Hall–Kier alpha value is -1.47. The van der Waals surface area contributed by atoms with E-state index in [9.17, 15) is 18.0 Å². The molecule has 0 rings (SSSR count). The monoisotopic (exact) mass is 569 g/mol. The number of carboxylic acid groups (broad SMARTS) is 1. The number of unbranched alkanes of at least 4 members (excludes halogenated alkanes) is 14. The van der Waals surface area contributed by atoms with Crippen LogP contribution in [0.4, 0.5) is 4.79 Å². The molecule has 0 aromatic rings. The van der Waals surface area contributed by atoms with Crippen LogP contribution in [0.5, 0.6) is 0 Å². The van der Waals surface area contributed by atoms with Crippen molar-refractivity contribution in [3.05, 3.63) is 0 Å². The standard InChI is InChI=1S/C18H36O2.C6H17N5O.C2H6O3S/c1-2-3-4-5-6-7-8-9-10-11-12-13-14-15-16-17-18(19)20;1-2-10(8)6(12)11(9)5-3-4-7;1-2-6(3,4)5/h2-17H2,1H3,(H,19,20);2-5,7-9H2,1H3;2H2,1H3,(H,3,4,5). The Morgan fingerprint density at radius 3 is 1.34 bits per heavy atom. The lowest BCUT2D eigenvalue weighted by atomic mass is 10.0. The van der Waals surface area contributed by atoms with Gasteiger partial charge in [0.25, 0.3) is 10.1 Å². The Bertz CT molecular complexity index is 638. The Labute approximate surface area is 232 Å². The summed E-state index contributed by atoms with van der Waals surface area (Å²) in [6.45, 7) is 6.80. The summed E-state index contributed by atoms with van der Waals surface area (Å²) in [4.78, 5) is 21.5. The molecule has 8 N–H and O–H groups in total. The Morgan fingerprint density at radius 1 is 0.684 bits per heavy atom. The Kier molecular flexibility index (Phi) is 32.5. The summed E-state index contributed by atoms with van der Waals surface area (Å²) >= 11 is 0. The smallest absolute Gasteiger partial charge is 0.348 e. The molecule has 0 aromatic heterocycles. The molecule has 12 heteroatoms. The average molecular weight is 570 g/mol. The summed E-state index contributed by atoms with van der Waals surface area (Å²) in [5.41, 5.74) is 5.25. The lowest BCUT2D eigenvalue weighted by molar-refractivity contribution is -0.137. The summed E-state index contributed by atoms with van der Waals surface area (Å²) < 4.78 is 26.9. The van der Waals surface area contributed by atoms with E-state index in [2.05, 4.69) is 6.92 Å². The fourth-order valence-electron chi connectivity index (χ4n) is 3.31. The Morgan fingerprint density at radius 2 is 1.05 bits per heavy atom. The lowest BCUT2D eigenvalue weighted by Gasteiger charge is -2.22. The molecule has 0 fully saturated rings. The third kappa shape index (κ3) is 36.7. The molecule has 0 aromatic carbocycles. The second-order valence-electron chi connectivity index (χ2n) is 9.37. The van der Waals surface area contributed by atoms with Crippen molar-refractivity contribution in [2.24, 2.45) is 17.4 Å². The van der Waals surface area contributed by atoms with Crippen molar-refractivity contribution in [1.29, 1.82) is 0 Å². The molecule has 0 spiro atoms. The number of aliphatic carboxylic acids is 1. The fourth-order valence-corrected chi connectivity index (χ4v) is 3.31. The first-order valence-electron chi connectivity index (χ1n) is 14.4. The van der Waals surface area contributed by atoms with Gasteiger partial charge in [-0.15, -0.1) is 0 Å². The number of urea groups is 1. The summed E-state index contributed by atoms with van der Waals surface area (Å²) in [6.07, 6.45) is 20.9. The summed E-state index contributed by atoms with van der Waals surface area (Å²) in [5.74, 6) is 9.85. The number of amides is 2. The molecule has 0 radical (unpaired) electrons. The second kappa shape index (κ2) is 30.1.